The number of fused-ring (bicyclic) bond motifs is 1. The van der Waals surface area contributed by atoms with Crippen molar-refractivity contribution in [3.63, 3.8) is 0 Å². The lowest BCUT2D eigenvalue weighted by molar-refractivity contribution is -0.0329. The van der Waals surface area contributed by atoms with E-state index in [1.54, 1.807) is 30.6 Å². The summed E-state index contributed by atoms with van der Waals surface area (Å²) >= 11 is -0.281. The number of rotatable bonds is 6. The summed E-state index contributed by atoms with van der Waals surface area (Å²) in [5.41, 5.74) is -3.13. The summed E-state index contributed by atoms with van der Waals surface area (Å²) in [4.78, 5) is 8.40. The molecule has 2 N–H and O–H groups in total. The highest BCUT2D eigenvalue weighted by Crippen LogP contribution is 2.39. The van der Waals surface area contributed by atoms with Crippen molar-refractivity contribution in [3.8, 4) is 17.6 Å². The fraction of sp³-hybridized carbons (Fsp3) is 0.364. The second-order valence-corrected chi connectivity index (χ2v) is 11.1. The number of nitrogens with zero attached hydrogens (tertiary/aromatic N) is 3. The molecule has 0 spiro atoms. The molecule has 13 heteroatoms. The Morgan fingerprint density at radius 2 is 2.03 bits per heavy atom. The Labute approximate surface area is 204 Å². The molecular formula is C22H22F3N5O3S2. The minimum Gasteiger partial charge on any atom is -0.494 e. The van der Waals surface area contributed by atoms with Crippen LogP contribution in [0.15, 0.2) is 41.8 Å². The van der Waals surface area contributed by atoms with Gasteiger partial charge in [-0.05, 0) is 30.9 Å². The Bertz CT molecular complexity index is 1370. The molecule has 4 heterocycles. The highest BCUT2D eigenvalue weighted by atomic mass is 32.2. The van der Waals surface area contributed by atoms with Gasteiger partial charge in [0.2, 0.25) is 0 Å². The first-order chi connectivity index (χ1) is 16.6. The average Bonchev–Trinajstić information content (AvgIpc) is 3.15. The maximum absolute atomic E-state index is 13.3. The highest BCUT2D eigenvalue weighted by Gasteiger charge is 2.33. The van der Waals surface area contributed by atoms with Gasteiger partial charge in [0.15, 0.2) is 5.65 Å². The van der Waals surface area contributed by atoms with E-state index in [0.717, 1.165) is 0 Å². The van der Waals surface area contributed by atoms with Crippen LogP contribution in [0.4, 0.5) is 24.5 Å². The van der Waals surface area contributed by atoms with Crippen molar-refractivity contribution in [2.24, 2.45) is 0 Å². The lowest BCUT2D eigenvalue weighted by Gasteiger charge is -2.24. The minimum atomic E-state index is -4.53. The number of imidazole rings is 1. The van der Waals surface area contributed by atoms with Crippen LogP contribution in [-0.4, -0.2) is 59.5 Å². The molecule has 0 amide bonds. The Hall–Kier alpha value is -3.11. The first-order valence-corrected chi connectivity index (χ1v) is 13.2. The van der Waals surface area contributed by atoms with Gasteiger partial charge in [-0.3, -0.25) is 9.38 Å². The lowest BCUT2D eigenvalue weighted by atomic mass is 10.1. The van der Waals surface area contributed by atoms with Crippen LogP contribution in [0.2, 0.25) is 0 Å². The first-order valence-electron chi connectivity index (χ1n) is 10.6. The summed E-state index contributed by atoms with van der Waals surface area (Å²) in [5, 5.41) is 6.12. The molecule has 0 radical (unpaired) electrons. The third kappa shape index (κ3) is 6.32. The highest BCUT2D eigenvalue weighted by molar-refractivity contribution is 8.00. The van der Waals surface area contributed by atoms with E-state index < -0.39 is 15.3 Å². The minimum absolute atomic E-state index is 0.00671. The molecule has 1 saturated heterocycles. The van der Waals surface area contributed by atoms with E-state index in [1.807, 2.05) is 0 Å². The van der Waals surface area contributed by atoms with Crippen LogP contribution in [0, 0.1) is 11.8 Å². The van der Waals surface area contributed by atoms with E-state index in [-0.39, 0.29) is 46.6 Å². The van der Waals surface area contributed by atoms with Gasteiger partial charge >= 0.3 is 5.51 Å². The van der Waals surface area contributed by atoms with Crippen molar-refractivity contribution in [1.82, 2.24) is 14.4 Å². The SMILES string of the molecule is COc1ccncc1NCC#Cc1nc2c(NC3CCS(=O)(=O)CC3)cccn2c1SC(F)(F)F. The zero-order chi connectivity index (χ0) is 25.1. The monoisotopic (exact) mass is 525 g/mol. The Balaban J connectivity index is 1.61. The van der Waals surface area contributed by atoms with Crippen molar-refractivity contribution in [2.75, 3.05) is 35.8 Å². The summed E-state index contributed by atoms with van der Waals surface area (Å²) in [7, 11) is -1.52. The number of pyridine rings is 2. The van der Waals surface area contributed by atoms with Crippen LogP contribution in [0.5, 0.6) is 5.75 Å². The number of hydrogen-bond donors (Lipinski definition) is 2. The number of hydrogen-bond acceptors (Lipinski definition) is 8. The van der Waals surface area contributed by atoms with Crippen molar-refractivity contribution in [2.45, 2.75) is 29.4 Å². The van der Waals surface area contributed by atoms with E-state index in [9.17, 15) is 21.6 Å². The standard InChI is InChI=1S/C22H22F3N5O3S2/c1-33-19-6-10-26-14-18(19)27-9-2-4-17-21(34-22(23,24)25)30-11-3-5-16(20(30)29-17)28-15-7-12-35(31,32)13-8-15/h3,5-6,10-11,14-15,27-28H,7-9,12-13H2,1H3. The number of thioether (sulfide) groups is 1. The zero-order valence-electron chi connectivity index (χ0n) is 18.6. The van der Waals surface area contributed by atoms with Gasteiger partial charge in [-0.25, -0.2) is 13.4 Å². The van der Waals surface area contributed by atoms with Crippen LogP contribution in [0.3, 0.4) is 0 Å². The number of aromatic nitrogens is 3. The van der Waals surface area contributed by atoms with Crippen LogP contribution in [-0.2, 0) is 9.84 Å². The van der Waals surface area contributed by atoms with E-state index in [2.05, 4.69) is 32.4 Å². The smallest absolute Gasteiger partial charge is 0.447 e. The van der Waals surface area contributed by atoms with Crippen molar-refractivity contribution < 1.29 is 26.3 Å². The van der Waals surface area contributed by atoms with E-state index in [4.69, 9.17) is 4.74 Å². The molecule has 1 aliphatic rings. The number of sulfone groups is 1. The van der Waals surface area contributed by atoms with Crippen molar-refractivity contribution in [1.29, 1.82) is 0 Å². The molecule has 1 fully saturated rings. The molecule has 0 saturated carbocycles. The number of methoxy groups -OCH3 is 1. The molecule has 0 aromatic carbocycles. The second kappa shape index (κ2) is 10.2. The van der Waals surface area contributed by atoms with Gasteiger partial charge in [0.25, 0.3) is 0 Å². The average molecular weight is 526 g/mol. The summed E-state index contributed by atoms with van der Waals surface area (Å²) < 4.78 is 70.0. The molecule has 8 nitrogen and oxygen atoms in total. The fourth-order valence-corrected chi connectivity index (χ4v) is 5.81. The quantitative estimate of drug-likeness (QED) is 0.371. The van der Waals surface area contributed by atoms with Gasteiger partial charge in [-0.1, -0.05) is 5.92 Å². The van der Waals surface area contributed by atoms with Gasteiger partial charge in [-0.15, -0.1) is 0 Å². The predicted molar refractivity (Wildman–Crippen MR) is 129 cm³/mol. The Kier molecular flexibility index (Phi) is 7.32. The molecule has 35 heavy (non-hydrogen) atoms. The summed E-state index contributed by atoms with van der Waals surface area (Å²) in [6.45, 7) is 0.133. The van der Waals surface area contributed by atoms with Gasteiger partial charge in [0.05, 0.1) is 42.7 Å². The lowest BCUT2D eigenvalue weighted by Crippen LogP contribution is -2.32. The molecule has 3 aromatic rings. The van der Waals surface area contributed by atoms with Crippen LogP contribution in [0.25, 0.3) is 5.65 Å². The number of ether oxygens (including phenoxy) is 1. The summed E-state index contributed by atoms with van der Waals surface area (Å²) in [5.74, 6) is 6.26. The third-order valence-electron chi connectivity index (χ3n) is 5.31. The molecule has 0 atom stereocenters. The number of anilines is 2. The van der Waals surface area contributed by atoms with Gasteiger partial charge in [0.1, 0.15) is 26.3 Å². The molecule has 0 aliphatic carbocycles. The fourth-order valence-electron chi connectivity index (χ4n) is 3.66. The van der Waals surface area contributed by atoms with Gasteiger partial charge in [-0.2, -0.15) is 13.2 Å². The van der Waals surface area contributed by atoms with Crippen molar-refractivity contribution in [3.05, 3.63) is 42.5 Å². The normalized spacial score (nSPS) is 15.9. The number of nitrogens with one attached hydrogen (secondary N) is 2. The number of alkyl halides is 3. The Morgan fingerprint density at radius 3 is 2.74 bits per heavy atom. The largest absolute Gasteiger partial charge is 0.494 e. The van der Waals surface area contributed by atoms with Crippen LogP contribution in [0.1, 0.15) is 18.5 Å². The molecule has 0 unspecified atom stereocenters. The molecule has 0 bridgehead atoms. The van der Waals surface area contributed by atoms with Crippen molar-refractivity contribution >= 4 is 38.6 Å². The maximum Gasteiger partial charge on any atom is 0.447 e. The molecular weight excluding hydrogens is 503 g/mol. The van der Waals surface area contributed by atoms with Crippen LogP contribution < -0.4 is 15.4 Å². The topological polar surface area (TPSA) is 97.6 Å². The molecule has 1 aliphatic heterocycles. The zero-order valence-corrected chi connectivity index (χ0v) is 20.2. The molecule has 186 valence electrons. The first kappa shape index (κ1) is 25.0. The van der Waals surface area contributed by atoms with E-state index >= 15 is 0 Å². The summed E-state index contributed by atoms with van der Waals surface area (Å²) in [6.07, 6.45) is 5.47. The van der Waals surface area contributed by atoms with E-state index in [1.165, 1.54) is 17.7 Å². The molecule has 3 aromatic heterocycles. The number of halogens is 3. The molecule has 4 rings (SSSR count). The Morgan fingerprint density at radius 1 is 1.26 bits per heavy atom. The predicted octanol–water partition coefficient (Wildman–Crippen LogP) is 3.80. The van der Waals surface area contributed by atoms with Crippen LogP contribution >= 0.6 is 11.8 Å². The van der Waals surface area contributed by atoms with E-state index in [0.29, 0.717) is 35.6 Å². The van der Waals surface area contributed by atoms with Gasteiger partial charge in [0, 0.05) is 36.3 Å². The van der Waals surface area contributed by atoms with Gasteiger partial charge < -0.3 is 15.4 Å². The second-order valence-electron chi connectivity index (χ2n) is 7.73. The maximum atomic E-state index is 13.3. The summed E-state index contributed by atoms with van der Waals surface area (Å²) in [6, 6.07) is 4.88. The third-order valence-corrected chi connectivity index (χ3v) is 7.84.